The van der Waals surface area contributed by atoms with Crippen molar-refractivity contribution in [1.29, 1.82) is 0 Å². The number of rotatable bonds is 8. The zero-order valence-electron chi connectivity index (χ0n) is 9.45. The van der Waals surface area contributed by atoms with Gasteiger partial charge in [-0.05, 0) is 25.7 Å². The molecule has 0 fully saturated rings. The van der Waals surface area contributed by atoms with Crippen LogP contribution in [0.2, 0.25) is 0 Å². The van der Waals surface area contributed by atoms with Crippen molar-refractivity contribution in [2.45, 2.75) is 51.2 Å². The second-order valence-electron chi connectivity index (χ2n) is 4.02. The third-order valence-corrected chi connectivity index (χ3v) is 2.59. The van der Waals surface area contributed by atoms with Gasteiger partial charge in [0.2, 0.25) is 0 Å². The van der Waals surface area contributed by atoms with E-state index in [0.29, 0.717) is 12.4 Å². The van der Waals surface area contributed by atoms with Gasteiger partial charge in [0.05, 0.1) is 0 Å². The fourth-order valence-corrected chi connectivity index (χ4v) is 1.73. The van der Waals surface area contributed by atoms with Gasteiger partial charge >= 0.3 is 0 Å². The van der Waals surface area contributed by atoms with Gasteiger partial charge in [0.1, 0.15) is 12.4 Å². The minimum Gasteiger partial charge on any atom is -0.385 e. The fraction of sp³-hybridized carbons (Fsp3) is 0.750. The van der Waals surface area contributed by atoms with Crippen molar-refractivity contribution in [2.24, 2.45) is 10.7 Å². The molecule has 1 unspecified atom stereocenters. The van der Waals surface area contributed by atoms with Crippen LogP contribution >= 0.6 is 0 Å². The van der Waals surface area contributed by atoms with Gasteiger partial charge in [-0.25, -0.2) is 4.99 Å². The van der Waals surface area contributed by atoms with E-state index in [0.717, 1.165) is 12.8 Å². The Bertz CT molecular complexity index is 214. The quantitative estimate of drug-likeness (QED) is 0.494. The zero-order chi connectivity index (χ0) is 10.9. The van der Waals surface area contributed by atoms with Crippen LogP contribution in [0, 0.1) is 0 Å². The van der Waals surface area contributed by atoms with Crippen molar-refractivity contribution in [2.75, 3.05) is 6.61 Å². The summed E-state index contributed by atoms with van der Waals surface area (Å²) < 4.78 is 5.37. The predicted octanol–water partition coefficient (Wildman–Crippen LogP) is 2.62. The van der Waals surface area contributed by atoms with Gasteiger partial charge in [0.25, 0.3) is 0 Å². The van der Waals surface area contributed by atoms with Crippen molar-refractivity contribution in [3.63, 3.8) is 0 Å². The standard InChI is InChI=1S/C12H22N2O/c1-2-3-4-5-6-7-8-9-12-14-11(13)10-15-12/h2,12H,1,3-10H2,(H2,13,14). The van der Waals surface area contributed by atoms with Crippen LogP contribution in [0.15, 0.2) is 17.6 Å². The van der Waals surface area contributed by atoms with E-state index in [-0.39, 0.29) is 6.23 Å². The lowest BCUT2D eigenvalue weighted by molar-refractivity contribution is 0.0995. The van der Waals surface area contributed by atoms with E-state index in [2.05, 4.69) is 11.6 Å². The first kappa shape index (κ1) is 12.2. The summed E-state index contributed by atoms with van der Waals surface area (Å²) in [6, 6.07) is 0. The first-order valence-corrected chi connectivity index (χ1v) is 5.87. The number of hydrogen-bond acceptors (Lipinski definition) is 3. The molecule has 0 amide bonds. The van der Waals surface area contributed by atoms with E-state index >= 15 is 0 Å². The molecule has 1 aliphatic heterocycles. The second-order valence-corrected chi connectivity index (χ2v) is 4.02. The molecular weight excluding hydrogens is 188 g/mol. The van der Waals surface area contributed by atoms with Crippen molar-refractivity contribution in [3.05, 3.63) is 12.7 Å². The van der Waals surface area contributed by atoms with Crippen LogP contribution in [0.3, 0.4) is 0 Å². The Morgan fingerprint density at radius 3 is 2.73 bits per heavy atom. The fourth-order valence-electron chi connectivity index (χ4n) is 1.73. The number of aliphatic imine (C=N–C) groups is 1. The molecule has 3 nitrogen and oxygen atoms in total. The molecule has 86 valence electrons. The SMILES string of the molecule is C=CCCCCCCCC1N=C(N)CO1. The van der Waals surface area contributed by atoms with Gasteiger partial charge < -0.3 is 10.5 Å². The first-order valence-electron chi connectivity index (χ1n) is 5.87. The van der Waals surface area contributed by atoms with Crippen LogP contribution in [-0.4, -0.2) is 18.7 Å². The van der Waals surface area contributed by atoms with Crippen molar-refractivity contribution in [3.8, 4) is 0 Å². The highest BCUT2D eigenvalue weighted by molar-refractivity contribution is 5.82. The molecule has 2 N–H and O–H groups in total. The Balaban J connectivity index is 1.87. The lowest BCUT2D eigenvalue weighted by atomic mass is 10.1. The van der Waals surface area contributed by atoms with Crippen LogP contribution in [-0.2, 0) is 4.74 Å². The molecule has 0 aromatic rings. The molecular formula is C12H22N2O. The molecule has 0 saturated carbocycles. The minimum atomic E-state index is 0.0400. The Hall–Kier alpha value is -0.830. The van der Waals surface area contributed by atoms with Gasteiger partial charge in [-0.1, -0.05) is 25.3 Å². The molecule has 0 aromatic heterocycles. The molecule has 0 saturated heterocycles. The van der Waals surface area contributed by atoms with E-state index in [9.17, 15) is 0 Å². The highest BCUT2D eigenvalue weighted by Crippen LogP contribution is 2.13. The third kappa shape index (κ3) is 5.57. The van der Waals surface area contributed by atoms with Gasteiger partial charge in [-0.2, -0.15) is 0 Å². The molecule has 0 bridgehead atoms. The topological polar surface area (TPSA) is 47.6 Å². The summed E-state index contributed by atoms with van der Waals surface area (Å²) >= 11 is 0. The highest BCUT2D eigenvalue weighted by Gasteiger charge is 2.14. The third-order valence-electron chi connectivity index (χ3n) is 2.59. The first-order chi connectivity index (χ1) is 7.33. The van der Waals surface area contributed by atoms with Crippen LogP contribution in [0.1, 0.15) is 44.9 Å². The van der Waals surface area contributed by atoms with Gasteiger partial charge in [-0.15, -0.1) is 6.58 Å². The Morgan fingerprint density at radius 2 is 2.07 bits per heavy atom. The zero-order valence-corrected chi connectivity index (χ0v) is 9.45. The molecule has 15 heavy (non-hydrogen) atoms. The summed E-state index contributed by atoms with van der Waals surface area (Å²) in [5.74, 6) is 0.644. The van der Waals surface area contributed by atoms with Crippen molar-refractivity contribution < 1.29 is 4.74 Å². The van der Waals surface area contributed by atoms with Crippen molar-refractivity contribution in [1.82, 2.24) is 0 Å². The number of allylic oxidation sites excluding steroid dienone is 1. The Kier molecular flexibility index (Phi) is 6.09. The average Bonchev–Trinajstić information content (AvgIpc) is 2.63. The summed E-state index contributed by atoms with van der Waals surface area (Å²) in [5.41, 5.74) is 5.53. The monoisotopic (exact) mass is 210 g/mol. The van der Waals surface area contributed by atoms with Gasteiger partial charge in [-0.3, -0.25) is 0 Å². The van der Waals surface area contributed by atoms with Crippen molar-refractivity contribution >= 4 is 5.84 Å². The smallest absolute Gasteiger partial charge is 0.150 e. The second kappa shape index (κ2) is 7.46. The molecule has 3 heteroatoms. The molecule has 1 heterocycles. The van der Waals surface area contributed by atoms with Crippen LogP contribution in [0.25, 0.3) is 0 Å². The summed E-state index contributed by atoms with van der Waals surface area (Å²) in [4.78, 5) is 4.19. The van der Waals surface area contributed by atoms with E-state index < -0.39 is 0 Å². The number of nitrogens with two attached hydrogens (primary N) is 1. The number of ether oxygens (including phenoxy) is 1. The maximum atomic E-state index is 5.53. The maximum absolute atomic E-state index is 5.53. The number of nitrogens with zero attached hydrogens (tertiary/aromatic N) is 1. The van der Waals surface area contributed by atoms with Crippen LogP contribution in [0.4, 0.5) is 0 Å². The largest absolute Gasteiger partial charge is 0.385 e. The summed E-state index contributed by atoms with van der Waals surface area (Å²) in [7, 11) is 0. The van der Waals surface area contributed by atoms with E-state index in [1.807, 2.05) is 6.08 Å². The summed E-state index contributed by atoms with van der Waals surface area (Å²) in [6.45, 7) is 4.23. The molecule has 1 aliphatic rings. The summed E-state index contributed by atoms with van der Waals surface area (Å²) in [5, 5.41) is 0. The highest BCUT2D eigenvalue weighted by atomic mass is 16.5. The molecule has 1 rings (SSSR count). The van der Waals surface area contributed by atoms with Gasteiger partial charge in [0.15, 0.2) is 6.23 Å². The molecule has 0 aromatic carbocycles. The van der Waals surface area contributed by atoms with E-state index in [1.54, 1.807) is 0 Å². The molecule has 0 aliphatic carbocycles. The van der Waals surface area contributed by atoms with E-state index in [4.69, 9.17) is 10.5 Å². The molecule has 1 atom stereocenters. The van der Waals surface area contributed by atoms with Crippen LogP contribution in [0.5, 0.6) is 0 Å². The maximum Gasteiger partial charge on any atom is 0.150 e. The number of unbranched alkanes of at least 4 members (excludes halogenated alkanes) is 5. The number of hydrogen-bond donors (Lipinski definition) is 1. The average molecular weight is 210 g/mol. The predicted molar refractivity (Wildman–Crippen MR) is 63.9 cm³/mol. The summed E-state index contributed by atoms with van der Waals surface area (Å²) in [6.07, 6.45) is 10.5. The van der Waals surface area contributed by atoms with E-state index in [1.165, 1.54) is 32.1 Å². The normalized spacial score (nSPS) is 20.3. The number of amidine groups is 1. The van der Waals surface area contributed by atoms with Gasteiger partial charge in [0, 0.05) is 0 Å². The lowest BCUT2D eigenvalue weighted by Gasteiger charge is -2.05. The lowest BCUT2D eigenvalue weighted by Crippen LogP contribution is -2.11. The van der Waals surface area contributed by atoms with Crippen LogP contribution < -0.4 is 5.73 Å². The molecule has 0 radical (unpaired) electrons. The molecule has 0 spiro atoms. The Labute approximate surface area is 92.4 Å². The Morgan fingerprint density at radius 1 is 1.33 bits per heavy atom. The minimum absolute atomic E-state index is 0.0400.